The summed E-state index contributed by atoms with van der Waals surface area (Å²) in [5.41, 5.74) is 5.19. The van der Waals surface area contributed by atoms with Crippen LogP contribution in [0.4, 0.5) is 0 Å². The standard InChI is InChI=1S/C43H50N2O5/c1-31(2)37-25-38(40(50-30-36-17-9-6-10-18-36)26-39(37)49-29-35-15-7-5-8-16-35)41(46)45(4)28-34-21-19-32(20-22-34)23-24-44-43(3,42(47)48)27-33-13-11-12-14-33/h5-10,15-22,25-26,33,44H,1,11-14,23-24,27-30H2,2-4H3,(H,47,48)/t43-/m0/s1. The van der Waals surface area contributed by atoms with E-state index in [1.165, 1.54) is 12.8 Å². The number of nitrogens with one attached hydrogen (secondary N) is 1. The van der Waals surface area contributed by atoms with Crippen molar-refractivity contribution in [3.8, 4) is 11.5 Å². The van der Waals surface area contributed by atoms with Gasteiger partial charge in [-0.25, -0.2) is 0 Å². The molecule has 50 heavy (non-hydrogen) atoms. The van der Waals surface area contributed by atoms with Crippen LogP contribution < -0.4 is 14.8 Å². The van der Waals surface area contributed by atoms with Crippen molar-refractivity contribution in [3.63, 3.8) is 0 Å². The van der Waals surface area contributed by atoms with Crippen LogP contribution in [0.25, 0.3) is 5.57 Å². The van der Waals surface area contributed by atoms with E-state index >= 15 is 0 Å². The van der Waals surface area contributed by atoms with Crippen molar-refractivity contribution in [1.82, 2.24) is 10.2 Å². The summed E-state index contributed by atoms with van der Waals surface area (Å²) in [5.74, 6) is 0.575. The van der Waals surface area contributed by atoms with Gasteiger partial charge in [0, 0.05) is 31.8 Å². The first-order valence-corrected chi connectivity index (χ1v) is 17.6. The number of nitrogens with zero attached hydrogens (tertiary/aromatic N) is 1. The summed E-state index contributed by atoms with van der Waals surface area (Å²) >= 11 is 0. The lowest BCUT2D eigenvalue weighted by molar-refractivity contribution is -0.145. The Morgan fingerprint density at radius 2 is 1.36 bits per heavy atom. The third kappa shape index (κ3) is 9.85. The lowest BCUT2D eigenvalue weighted by Crippen LogP contribution is -2.51. The molecular formula is C43H50N2O5. The molecule has 4 aromatic rings. The van der Waals surface area contributed by atoms with Crippen LogP contribution in [0, 0.1) is 5.92 Å². The van der Waals surface area contributed by atoms with Gasteiger partial charge in [-0.05, 0) is 66.5 Å². The average molecular weight is 675 g/mol. The summed E-state index contributed by atoms with van der Waals surface area (Å²) in [6, 6.07) is 31.6. The fourth-order valence-electron chi connectivity index (χ4n) is 6.64. The van der Waals surface area contributed by atoms with E-state index in [0.717, 1.165) is 46.2 Å². The minimum absolute atomic E-state index is 0.173. The molecule has 262 valence electrons. The van der Waals surface area contributed by atoms with Crippen LogP contribution in [0.1, 0.15) is 84.1 Å². The number of hydrogen-bond acceptors (Lipinski definition) is 5. The van der Waals surface area contributed by atoms with Gasteiger partial charge >= 0.3 is 5.97 Å². The number of carbonyl (C=O) groups excluding carboxylic acids is 1. The number of amides is 1. The van der Waals surface area contributed by atoms with Gasteiger partial charge in [0.05, 0.1) is 5.56 Å². The predicted molar refractivity (Wildman–Crippen MR) is 199 cm³/mol. The summed E-state index contributed by atoms with van der Waals surface area (Å²) in [6.07, 6.45) is 6.01. The molecule has 0 saturated heterocycles. The van der Waals surface area contributed by atoms with Crippen LogP contribution in [-0.4, -0.2) is 41.0 Å². The van der Waals surface area contributed by atoms with Crippen LogP contribution in [-0.2, 0) is 31.0 Å². The Labute approximate surface area is 296 Å². The van der Waals surface area contributed by atoms with Crippen molar-refractivity contribution < 1.29 is 24.2 Å². The second-order valence-electron chi connectivity index (χ2n) is 13.8. The maximum absolute atomic E-state index is 14.0. The molecule has 0 aliphatic heterocycles. The van der Waals surface area contributed by atoms with Crippen molar-refractivity contribution in [2.45, 2.75) is 77.7 Å². The summed E-state index contributed by atoms with van der Waals surface area (Å²) in [4.78, 5) is 27.9. The second kappa shape index (κ2) is 17.2. The smallest absolute Gasteiger partial charge is 0.323 e. The number of benzene rings is 4. The quantitative estimate of drug-likeness (QED) is 0.117. The lowest BCUT2D eigenvalue weighted by atomic mass is 9.87. The van der Waals surface area contributed by atoms with E-state index in [0.29, 0.717) is 62.1 Å². The number of aliphatic carboxylic acids is 1. The van der Waals surface area contributed by atoms with Crippen LogP contribution in [0.5, 0.6) is 11.5 Å². The molecule has 1 fully saturated rings. The fourth-order valence-corrected chi connectivity index (χ4v) is 6.64. The minimum atomic E-state index is -0.919. The normalized spacial score (nSPS) is 14.1. The van der Waals surface area contributed by atoms with E-state index in [1.54, 1.807) is 11.9 Å². The van der Waals surface area contributed by atoms with E-state index in [-0.39, 0.29) is 5.91 Å². The highest BCUT2D eigenvalue weighted by molar-refractivity contribution is 5.98. The summed E-state index contributed by atoms with van der Waals surface area (Å²) < 4.78 is 12.6. The van der Waals surface area contributed by atoms with Gasteiger partial charge in [0.15, 0.2) is 0 Å². The molecule has 1 aliphatic carbocycles. The zero-order valence-corrected chi connectivity index (χ0v) is 29.6. The summed E-state index contributed by atoms with van der Waals surface area (Å²) in [6.45, 7) is 9.55. The van der Waals surface area contributed by atoms with Gasteiger partial charge in [-0.1, -0.05) is 117 Å². The fraction of sp³-hybridized carbons (Fsp3) is 0.349. The number of allylic oxidation sites excluding steroid dienone is 1. The molecule has 5 rings (SSSR count). The Bertz CT molecular complexity index is 1730. The third-order valence-corrected chi connectivity index (χ3v) is 9.61. The van der Waals surface area contributed by atoms with Crippen LogP contribution >= 0.6 is 0 Å². The van der Waals surface area contributed by atoms with Crippen LogP contribution in [0.3, 0.4) is 0 Å². The molecule has 1 saturated carbocycles. The molecule has 0 spiro atoms. The van der Waals surface area contributed by atoms with E-state index in [1.807, 2.05) is 98.8 Å². The monoisotopic (exact) mass is 674 g/mol. The number of carbonyl (C=O) groups is 2. The number of hydrogen-bond donors (Lipinski definition) is 2. The van der Waals surface area contributed by atoms with Gasteiger partial charge in [-0.2, -0.15) is 0 Å². The molecule has 1 amide bonds. The van der Waals surface area contributed by atoms with Gasteiger partial charge < -0.3 is 24.8 Å². The molecular weight excluding hydrogens is 624 g/mol. The first-order chi connectivity index (χ1) is 24.1. The first-order valence-electron chi connectivity index (χ1n) is 17.6. The number of rotatable bonds is 17. The number of carboxylic acids is 1. The molecule has 0 unspecified atom stereocenters. The van der Waals surface area contributed by atoms with E-state index in [2.05, 4.69) is 24.0 Å². The maximum atomic E-state index is 14.0. The highest BCUT2D eigenvalue weighted by atomic mass is 16.5. The van der Waals surface area contributed by atoms with Gasteiger partial charge in [-0.15, -0.1) is 0 Å². The van der Waals surface area contributed by atoms with Gasteiger partial charge in [-0.3, -0.25) is 9.59 Å². The van der Waals surface area contributed by atoms with Crippen molar-refractivity contribution in [3.05, 3.63) is 137 Å². The number of ether oxygens (including phenoxy) is 2. The highest BCUT2D eigenvalue weighted by Gasteiger charge is 2.36. The average Bonchev–Trinajstić information content (AvgIpc) is 3.63. The molecule has 7 heteroatoms. The van der Waals surface area contributed by atoms with E-state index < -0.39 is 11.5 Å². The Morgan fingerprint density at radius 3 is 1.90 bits per heavy atom. The third-order valence-electron chi connectivity index (χ3n) is 9.61. The van der Waals surface area contributed by atoms with Crippen molar-refractivity contribution in [2.75, 3.05) is 13.6 Å². The van der Waals surface area contributed by atoms with Gasteiger partial charge in [0.25, 0.3) is 5.91 Å². The molecule has 2 N–H and O–H groups in total. The minimum Gasteiger partial charge on any atom is -0.488 e. The zero-order valence-electron chi connectivity index (χ0n) is 29.6. The van der Waals surface area contributed by atoms with Crippen LogP contribution in [0.2, 0.25) is 0 Å². The molecule has 0 heterocycles. The maximum Gasteiger partial charge on any atom is 0.323 e. The van der Waals surface area contributed by atoms with E-state index in [4.69, 9.17) is 9.47 Å². The Kier molecular flexibility index (Phi) is 12.5. The molecule has 1 aliphatic rings. The second-order valence-corrected chi connectivity index (χ2v) is 13.8. The van der Waals surface area contributed by atoms with E-state index in [9.17, 15) is 14.7 Å². The lowest BCUT2D eigenvalue weighted by Gasteiger charge is -2.29. The van der Waals surface area contributed by atoms with Crippen molar-refractivity contribution >= 4 is 17.4 Å². The van der Waals surface area contributed by atoms with Crippen molar-refractivity contribution in [2.24, 2.45) is 5.92 Å². The Morgan fingerprint density at radius 1 is 0.820 bits per heavy atom. The largest absolute Gasteiger partial charge is 0.488 e. The SMILES string of the molecule is C=C(C)c1cc(C(=O)N(C)Cc2ccc(CCN[C@@](C)(CC3CCCC3)C(=O)O)cc2)c(OCc2ccccc2)cc1OCc1ccccc1. The Balaban J connectivity index is 1.27. The molecule has 0 aromatic heterocycles. The Hall–Kier alpha value is -4.88. The molecule has 7 nitrogen and oxygen atoms in total. The zero-order chi connectivity index (χ0) is 35.5. The molecule has 1 atom stereocenters. The van der Waals surface area contributed by atoms with Crippen LogP contribution in [0.15, 0.2) is 104 Å². The number of carboxylic acid groups (broad SMARTS) is 1. The van der Waals surface area contributed by atoms with Gasteiger partial charge in [0.2, 0.25) is 0 Å². The summed E-state index contributed by atoms with van der Waals surface area (Å²) in [5, 5.41) is 13.3. The van der Waals surface area contributed by atoms with Crippen molar-refractivity contribution in [1.29, 1.82) is 0 Å². The highest BCUT2D eigenvalue weighted by Crippen LogP contribution is 2.35. The molecule has 4 aromatic carbocycles. The summed E-state index contributed by atoms with van der Waals surface area (Å²) in [7, 11) is 1.79. The molecule has 0 bridgehead atoms. The topological polar surface area (TPSA) is 88.1 Å². The first kappa shape index (κ1) is 36.4. The predicted octanol–water partition coefficient (Wildman–Crippen LogP) is 8.71. The molecule has 0 radical (unpaired) electrons. The van der Waals surface area contributed by atoms with Gasteiger partial charge in [0.1, 0.15) is 30.3 Å².